The van der Waals surface area contributed by atoms with Crippen LogP contribution in [0.3, 0.4) is 0 Å². The lowest BCUT2D eigenvalue weighted by Crippen LogP contribution is -2.37. The van der Waals surface area contributed by atoms with E-state index in [1.165, 1.54) is 0 Å². The van der Waals surface area contributed by atoms with Gasteiger partial charge in [0.2, 0.25) is 0 Å². The summed E-state index contributed by atoms with van der Waals surface area (Å²) < 4.78 is 19.6. The van der Waals surface area contributed by atoms with Crippen molar-refractivity contribution >= 4 is 11.9 Å². The molecule has 0 aliphatic heterocycles. The third-order valence-corrected chi connectivity index (χ3v) is 2.72. The third-order valence-electron chi connectivity index (χ3n) is 2.72. The molecular formula is C16H18O6. The quantitative estimate of drug-likeness (QED) is 0.404. The van der Waals surface area contributed by atoms with Gasteiger partial charge in [-0.05, 0) is 5.56 Å². The molecule has 0 N–H and O–H groups in total. The number of hydrogen-bond donors (Lipinski definition) is 0. The topological polar surface area (TPSA) is 71.1 Å². The molecule has 0 unspecified atom stereocenters. The molecule has 0 heterocycles. The van der Waals surface area contributed by atoms with Crippen LogP contribution in [0.4, 0.5) is 0 Å². The Morgan fingerprint density at radius 2 is 1.68 bits per heavy atom. The molecule has 6 nitrogen and oxygen atoms in total. The largest absolute Gasteiger partial charge is 0.467 e. The normalized spacial score (nSPS) is 11.5. The first-order valence-electron chi connectivity index (χ1n) is 6.51. The van der Waals surface area contributed by atoms with Crippen molar-refractivity contribution in [2.24, 2.45) is 0 Å². The van der Waals surface area contributed by atoms with Crippen molar-refractivity contribution in [2.75, 3.05) is 20.8 Å². The van der Waals surface area contributed by atoms with Gasteiger partial charge in [0.05, 0.1) is 27.4 Å². The summed E-state index contributed by atoms with van der Waals surface area (Å²) in [4.78, 5) is 22.9. The summed E-state index contributed by atoms with van der Waals surface area (Å²) >= 11 is 0. The van der Waals surface area contributed by atoms with Crippen LogP contribution in [0.25, 0.3) is 0 Å². The minimum Gasteiger partial charge on any atom is -0.467 e. The summed E-state index contributed by atoms with van der Waals surface area (Å²) in [6.07, 6.45) is 3.16. The Labute approximate surface area is 129 Å². The smallest absolute Gasteiger partial charge is 0.346 e. The second kappa shape index (κ2) is 9.55. The Kier molecular flexibility index (Phi) is 7.68. The summed E-state index contributed by atoms with van der Waals surface area (Å²) in [5, 5.41) is 0. The fraction of sp³-hybridized carbons (Fsp3) is 0.375. The Balaban J connectivity index is 2.52. The van der Waals surface area contributed by atoms with E-state index in [-0.39, 0.29) is 6.61 Å². The van der Waals surface area contributed by atoms with E-state index in [0.717, 1.165) is 19.8 Å². The number of carbonyl (C=O) groups excluding carboxylic acids is 2. The van der Waals surface area contributed by atoms with E-state index in [0.29, 0.717) is 6.61 Å². The van der Waals surface area contributed by atoms with Gasteiger partial charge in [-0.15, -0.1) is 6.42 Å². The molecule has 6 heteroatoms. The van der Waals surface area contributed by atoms with E-state index >= 15 is 0 Å². The van der Waals surface area contributed by atoms with Crippen LogP contribution in [0.5, 0.6) is 0 Å². The maximum absolute atomic E-state index is 11.5. The third kappa shape index (κ3) is 5.56. The molecule has 0 fully saturated rings. The molecule has 0 bridgehead atoms. The maximum atomic E-state index is 11.5. The molecular weight excluding hydrogens is 288 g/mol. The zero-order valence-corrected chi connectivity index (χ0v) is 12.5. The molecule has 0 saturated heterocycles. The van der Waals surface area contributed by atoms with E-state index in [4.69, 9.17) is 15.9 Å². The van der Waals surface area contributed by atoms with E-state index in [9.17, 15) is 9.59 Å². The fourth-order valence-electron chi connectivity index (χ4n) is 1.55. The van der Waals surface area contributed by atoms with Gasteiger partial charge in [-0.1, -0.05) is 36.3 Å². The molecule has 0 saturated carbocycles. The Morgan fingerprint density at radius 3 is 2.18 bits per heavy atom. The predicted octanol–water partition coefficient (Wildman–Crippen LogP) is 0.936. The molecule has 0 aromatic heterocycles. The summed E-state index contributed by atoms with van der Waals surface area (Å²) in [5.41, 5.74) is 0.945. The van der Waals surface area contributed by atoms with Crippen molar-refractivity contribution in [3.8, 4) is 12.3 Å². The highest BCUT2D eigenvalue weighted by molar-refractivity contribution is 5.97. The van der Waals surface area contributed by atoms with Crippen molar-refractivity contribution in [3.05, 3.63) is 35.9 Å². The molecule has 1 aromatic carbocycles. The van der Waals surface area contributed by atoms with Crippen LogP contribution < -0.4 is 0 Å². The fourth-order valence-corrected chi connectivity index (χ4v) is 1.55. The van der Waals surface area contributed by atoms with Crippen LogP contribution >= 0.6 is 0 Å². The lowest BCUT2D eigenvalue weighted by Gasteiger charge is -2.17. The van der Waals surface area contributed by atoms with E-state index in [1.807, 2.05) is 30.3 Å². The molecule has 1 aromatic rings. The molecule has 0 aliphatic rings. The van der Waals surface area contributed by atoms with Crippen molar-refractivity contribution < 1.29 is 28.5 Å². The summed E-state index contributed by atoms with van der Waals surface area (Å²) in [5.74, 6) is 0.678. The number of benzene rings is 1. The van der Waals surface area contributed by atoms with Gasteiger partial charge in [-0.2, -0.15) is 0 Å². The Bertz CT molecular complexity index is 503. The highest BCUT2D eigenvalue weighted by Gasteiger charge is 2.30. The van der Waals surface area contributed by atoms with Gasteiger partial charge in [0.25, 0.3) is 6.10 Å². The molecule has 0 spiro atoms. The standard InChI is InChI=1S/C16H18O6/c1-4-13(21-10-12-8-6-5-7-9-12)11-22-14(15(17)19-2)16(18)20-3/h1,5-9,13-14H,10-11H2,2-3H3/t13-/m0/s1. The van der Waals surface area contributed by atoms with Crippen LogP contribution in [0.15, 0.2) is 30.3 Å². The molecule has 0 radical (unpaired) electrons. The Hall–Kier alpha value is -2.36. The van der Waals surface area contributed by atoms with Gasteiger partial charge in [-0.25, -0.2) is 9.59 Å². The van der Waals surface area contributed by atoms with Gasteiger partial charge in [0, 0.05) is 0 Å². The van der Waals surface area contributed by atoms with Gasteiger partial charge < -0.3 is 18.9 Å². The number of hydrogen-bond acceptors (Lipinski definition) is 6. The van der Waals surface area contributed by atoms with Gasteiger partial charge in [0.15, 0.2) is 0 Å². The van der Waals surface area contributed by atoms with E-state index in [1.54, 1.807) is 0 Å². The summed E-state index contributed by atoms with van der Waals surface area (Å²) in [6.45, 7) is 0.151. The lowest BCUT2D eigenvalue weighted by molar-refractivity contribution is -0.172. The first-order valence-corrected chi connectivity index (χ1v) is 6.51. The lowest BCUT2D eigenvalue weighted by atomic mass is 10.2. The minimum atomic E-state index is -1.48. The molecule has 0 amide bonds. The SMILES string of the molecule is C#C[C@@H](COC(C(=O)OC)C(=O)OC)OCc1ccccc1. The van der Waals surface area contributed by atoms with Crippen molar-refractivity contribution in [3.63, 3.8) is 0 Å². The Morgan fingerprint density at radius 1 is 1.09 bits per heavy atom. The average molecular weight is 306 g/mol. The summed E-state index contributed by atoms with van der Waals surface area (Å²) in [7, 11) is 2.29. The van der Waals surface area contributed by atoms with Gasteiger partial charge in [0.1, 0.15) is 6.10 Å². The zero-order valence-electron chi connectivity index (χ0n) is 12.5. The van der Waals surface area contributed by atoms with Crippen molar-refractivity contribution in [2.45, 2.75) is 18.8 Å². The first kappa shape index (κ1) is 17.7. The number of methoxy groups -OCH3 is 2. The second-order valence-electron chi connectivity index (χ2n) is 4.21. The first-order chi connectivity index (χ1) is 10.6. The number of terminal acetylenes is 1. The number of esters is 2. The molecule has 1 atom stereocenters. The predicted molar refractivity (Wildman–Crippen MR) is 77.6 cm³/mol. The van der Waals surface area contributed by atoms with Gasteiger partial charge in [-0.3, -0.25) is 0 Å². The average Bonchev–Trinajstić information content (AvgIpc) is 2.57. The number of carbonyl (C=O) groups is 2. The van der Waals surface area contributed by atoms with Gasteiger partial charge >= 0.3 is 11.9 Å². The molecule has 0 aliphatic carbocycles. The van der Waals surface area contributed by atoms with Crippen molar-refractivity contribution in [1.82, 2.24) is 0 Å². The molecule has 1 rings (SSSR count). The highest BCUT2D eigenvalue weighted by atomic mass is 16.6. The zero-order chi connectivity index (χ0) is 16.4. The molecule has 118 valence electrons. The van der Waals surface area contributed by atoms with Crippen LogP contribution in [-0.4, -0.2) is 45.0 Å². The van der Waals surface area contributed by atoms with E-state index < -0.39 is 24.1 Å². The van der Waals surface area contributed by atoms with E-state index in [2.05, 4.69) is 15.4 Å². The molecule has 22 heavy (non-hydrogen) atoms. The summed E-state index contributed by atoms with van der Waals surface area (Å²) in [6, 6.07) is 9.43. The number of rotatable bonds is 8. The van der Waals surface area contributed by atoms with Crippen LogP contribution in [-0.2, 0) is 35.1 Å². The minimum absolute atomic E-state index is 0.141. The van der Waals surface area contributed by atoms with Crippen LogP contribution in [0, 0.1) is 12.3 Å². The number of ether oxygens (including phenoxy) is 4. The maximum Gasteiger partial charge on any atom is 0.346 e. The monoisotopic (exact) mass is 306 g/mol. The second-order valence-corrected chi connectivity index (χ2v) is 4.21. The van der Waals surface area contributed by atoms with Crippen molar-refractivity contribution in [1.29, 1.82) is 0 Å². The van der Waals surface area contributed by atoms with Crippen LogP contribution in [0.1, 0.15) is 5.56 Å². The highest BCUT2D eigenvalue weighted by Crippen LogP contribution is 2.06. The van der Waals surface area contributed by atoms with Crippen LogP contribution in [0.2, 0.25) is 0 Å².